The van der Waals surface area contributed by atoms with Gasteiger partial charge in [0, 0.05) is 5.56 Å². The highest BCUT2D eigenvalue weighted by Gasteiger charge is 2.28. The number of benzene rings is 2. The minimum atomic E-state index is -4.59. The molecule has 0 spiro atoms. The van der Waals surface area contributed by atoms with E-state index in [9.17, 15) is 31.5 Å². The summed E-state index contributed by atoms with van der Waals surface area (Å²) in [6, 6.07) is 8.87. The van der Waals surface area contributed by atoms with Crippen molar-refractivity contribution in [2.24, 2.45) is 0 Å². The quantitative estimate of drug-likeness (QED) is 0.670. The third kappa shape index (κ3) is 6.33. The van der Waals surface area contributed by atoms with Crippen molar-refractivity contribution < 1.29 is 41.0 Å². The molecule has 0 saturated heterocycles. The van der Waals surface area contributed by atoms with Crippen molar-refractivity contribution >= 4 is 17.5 Å². The molecule has 2 aromatic rings. The summed E-state index contributed by atoms with van der Waals surface area (Å²) in [7, 11) is 1.19. The van der Waals surface area contributed by atoms with Crippen LogP contribution in [0.4, 0.5) is 27.6 Å². The standard InChI is InChI=1S/C18H15F5N2O4/c1-28-14-8-10(6-7-13(14)29-17(19)20)15(26)25-12-5-3-2-4-11(12)16(27)24-9-18(21,22)23/h2-8,17H,9H2,1H3,(H,24,27)(H,25,26). The van der Waals surface area contributed by atoms with Gasteiger partial charge in [-0.2, -0.15) is 22.0 Å². The van der Waals surface area contributed by atoms with Crippen LogP contribution < -0.4 is 20.1 Å². The molecular weight excluding hydrogens is 403 g/mol. The van der Waals surface area contributed by atoms with E-state index in [1.807, 2.05) is 0 Å². The second-order valence-corrected chi connectivity index (χ2v) is 5.54. The summed E-state index contributed by atoms with van der Waals surface area (Å²) in [6.07, 6.45) is -4.59. The van der Waals surface area contributed by atoms with E-state index in [1.54, 1.807) is 5.32 Å². The molecule has 0 aromatic heterocycles. The minimum absolute atomic E-state index is 0.0195. The maximum absolute atomic E-state index is 12.4. The molecule has 0 bridgehead atoms. The maximum Gasteiger partial charge on any atom is 0.405 e. The van der Waals surface area contributed by atoms with E-state index in [0.717, 1.165) is 12.1 Å². The molecule has 0 radical (unpaired) electrons. The van der Waals surface area contributed by atoms with Gasteiger partial charge < -0.3 is 20.1 Å². The van der Waals surface area contributed by atoms with Crippen LogP contribution in [0.25, 0.3) is 0 Å². The topological polar surface area (TPSA) is 76.7 Å². The fourth-order valence-electron chi connectivity index (χ4n) is 2.26. The number of halogens is 5. The van der Waals surface area contributed by atoms with Gasteiger partial charge in [0.2, 0.25) is 0 Å². The summed E-state index contributed by atoms with van der Waals surface area (Å²) in [4.78, 5) is 24.4. The second kappa shape index (κ2) is 9.22. The van der Waals surface area contributed by atoms with E-state index in [2.05, 4.69) is 10.1 Å². The Morgan fingerprint density at radius 1 is 1.03 bits per heavy atom. The molecule has 156 valence electrons. The van der Waals surface area contributed by atoms with E-state index < -0.39 is 31.1 Å². The Hall–Kier alpha value is -3.37. The highest BCUT2D eigenvalue weighted by Crippen LogP contribution is 2.30. The maximum atomic E-state index is 12.4. The zero-order valence-corrected chi connectivity index (χ0v) is 14.8. The molecule has 2 N–H and O–H groups in total. The lowest BCUT2D eigenvalue weighted by Crippen LogP contribution is -2.34. The van der Waals surface area contributed by atoms with Crippen molar-refractivity contribution in [3.05, 3.63) is 53.6 Å². The first-order valence-corrected chi connectivity index (χ1v) is 7.99. The molecule has 0 aliphatic carbocycles. The van der Waals surface area contributed by atoms with Crippen LogP contribution in [0.1, 0.15) is 20.7 Å². The summed E-state index contributed by atoms with van der Waals surface area (Å²) in [5.74, 6) is -2.19. The molecule has 11 heteroatoms. The number of hydrogen-bond donors (Lipinski definition) is 2. The Kier molecular flexibility index (Phi) is 6.97. The third-order valence-electron chi connectivity index (χ3n) is 3.51. The van der Waals surface area contributed by atoms with Crippen LogP contribution in [0.2, 0.25) is 0 Å². The molecule has 0 atom stereocenters. The summed E-state index contributed by atoms with van der Waals surface area (Å²) in [5.41, 5.74) is -0.243. The van der Waals surface area contributed by atoms with Gasteiger partial charge in [-0.15, -0.1) is 0 Å². The first kappa shape index (κ1) is 21.9. The number of rotatable bonds is 7. The zero-order chi connectivity index (χ0) is 21.6. The van der Waals surface area contributed by atoms with Crippen molar-refractivity contribution in [3.8, 4) is 11.5 Å². The minimum Gasteiger partial charge on any atom is -0.493 e. The third-order valence-corrected chi connectivity index (χ3v) is 3.51. The van der Waals surface area contributed by atoms with Crippen molar-refractivity contribution in [1.82, 2.24) is 5.32 Å². The first-order chi connectivity index (χ1) is 13.6. The van der Waals surface area contributed by atoms with Crippen LogP contribution in [-0.4, -0.2) is 38.3 Å². The van der Waals surface area contributed by atoms with Crippen molar-refractivity contribution in [2.45, 2.75) is 12.8 Å². The number of carbonyl (C=O) groups is 2. The largest absolute Gasteiger partial charge is 0.493 e. The Morgan fingerprint density at radius 3 is 2.34 bits per heavy atom. The molecule has 2 aromatic carbocycles. The van der Waals surface area contributed by atoms with E-state index in [-0.39, 0.29) is 28.3 Å². The van der Waals surface area contributed by atoms with E-state index >= 15 is 0 Å². The number of hydrogen-bond acceptors (Lipinski definition) is 4. The Morgan fingerprint density at radius 2 is 1.72 bits per heavy atom. The molecule has 0 saturated carbocycles. The van der Waals surface area contributed by atoms with Gasteiger partial charge in [0.15, 0.2) is 11.5 Å². The van der Waals surface area contributed by atoms with Gasteiger partial charge in [-0.1, -0.05) is 12.1 Å². The molecular formula is C18H15F5N2O4. The Labute approximate surface area is 161 Å². The van der Waals surface area contributed by atoms with Crippen LogP contribution in [-0.2, 0) is 0 Å². The van der Waals surface area contributed by atoms with Gasteiger partial charge in [0.25, 0.3) is 11.8 Å². The average molecular weight is 418 g/mol. The van der Waals surface area contributed by atoms with Gasteiger partial charge in [-0.05, 0) is 30.3 Å². The SMILES string of the molecule is COc1cc(C(=O)Nc2ccccc2C(=O)NCC(F)(F)F)ccc1OC(F)F. The lowest BCUT2D eigenvalue weighted by atomic mass is 10.1. The summed E-state index contributed by atoms with van der Waals surface area (Å²) in [6.45, 7) is -4.62. The number of carbonyl (C=O) groups excluding carboxylic acids is 2. The van der Waals surface area contributed by atoms with Gasteiger partial charge in [-0.3, -0.25) is 9.59 Å². The number of ether oxygens (including phenoxy) is 2. The second-order valence-electron chi connectivity index (χ2n) is 5.54. The number of alkyl halides is 5. The highest BCUT2D eigenvalue weighted by molar-refractivity contribution is 6.09. The van der Waals surface area contributed by atoms with Crippen molar-refractivity contribution in [3.63, 3.8) is 0 Å². The number of anilines is 1. The summed E-state index contributed by atoms with van der Waals surface area (Å²) in [5, 5.41) is 4.10. The van der Waals surface area contributed by atoms with Gasteiger partial charge in [0.05, 0.1) is 18.4 Å². The molecule has 29 heavy (non-hydrogen) atoms. The monoisotopic (exact) mass is 418 g/mol. The number of nitrogens with one attached hydrogen (secondary N) is 2. The summed E-state index contributed by atoms with van der Waals surface area (Å²) < 4.78 is 70.8. The zero-order valence-electron chi connectivity index (χ0n) is 14.8. The molecule has 6 nitrogen and oxygen atoms in total. The number of methoxy groups -OCH3 is 1. The van der Waals surface area contributed by atoms with Crippen molar-refractivity contribution in [2.75, 3.05) is 19.0 Å². The average Bonchev–Trinajstić information content (AvgIpc) is 2.65. The number of para-hydroxylation sites is 1. The van der Waals surface area contributed by atoms with Crippen LogP contribution >= 0.6 is 0 Å². The molecule has 2 rings (SSSR count). The Balaban J connectivity index is 2.20. The lowest BCUT2D eigenvalue weighted by molar-refractivity contribution is -0.123. The number of amides is 2. The normalized spacial score (nSPS) is 11.1. The van der Waals surface area contributed by atoms with E-state index in [0.29, 0.717) is 0 Å². The summed E-state index contributed by atoms with van der Waals surface area (Å²) >= 11 is 0. The van der Waals surface area contributed by atoms with E-state index in [1.165, 1.54) is 37.4 Å². The predicted molar refractivity (Wildman–Crippen MR) is 92.4 cm³/mol. The highest BCUT2D eigenvalue weighted by atomic mass is 19.4. The van der Waals surface area contributed by atoms with Crippen LogP contribution in [0.3, 0.4) is 0 Å². The lowest BCUT2D eigenvalue weighted by Gasteiger charge is -2.14. The van der Waals surface area contributed by atoms with E-state index in [4.69, 9.17) is 4.74 Å². The fraction of sp³-hybridized carbons (Fsp3) is 0.222. The molecule has 0 fully saturated rings. The van der Waals surface area contributed by atoms with Crippen LogP contribution in [0.5, 0.6) is 11.5 Å². The molecule has 0 aliphatic heterocycles. The van der Waals surface area contributed by atoms with Crippen LogP contribution in [0.15, 0.2) is 42.5 Å². The smallest absolute Gasteiger partial charge is 0.405 e. The first-order valence-electron chi connectivity index (χ1n) is 7.99. The Bertz CT molecular complexity index is 887. The predicted octanol–water partition coefficient (Wildman–Crippen LogP) is 3.84. The van der Waals surface area contributed by atoms with Gasteiger partial charge in [-0.25, -0.2) is 0 Å². The molecule has 2 amide bonds. The molecule has 0 unspecified atom stereocenters. The van der Waals surface area contributed by atoms with Gasteiger partial charge >= 0.3 is 12.8 Å². The fourth-order valence-corrected chi connectivity index (χ4v) is 2.26. The molecule has 0 aliphatic rings. The van der Waals surface area contributed by atoms with Crippen molar-refractivity contribution in [1.29, 1.82) is 0 Å². The van der Waals surface area contributed by atoms with Gasteiger partial charge in [0.1, 0.15) is 6.54 Å². The van der Waals surface area contributed by atoms with Crippen LogP contribution in [0, 0.1) is 0 Å². The molecule has 0 heterocycles.